The molecule has 1 N–H and O–H groups in total. The van der Waals surface area contributed by atoms with Crippen LogP contribution in [0.4, 0.5) is 0 Å². The Morgan fingerprint density at radius 3 is 2.66 bits per heavy atom. The first-order valence-electron chi connectivity index (χ1n) is 9.61. The Bertz CT molecular complexity index is 1120. The van der Waals surface area contributed by atoms with Crippen molar-refractivity contribution in [3.63, 3.8) is 0 Å². The molecular formula is C23H23N3O2S. The molecule has 0 atom stereocenters. The molecule has 0 spiro atoms. The molecule has 6 heteroatoms. The lowest BCUT2D eigenvalue weighted by Gasteiger charge is -2.09. The number of fused-ring (bicyclic) bond motifs is 1. The summed E-state index contributed by atoms with van der Waals surface area (Å²) in [5, 5.41) is 4.53. The molecule has 0 aliphatic carbocycles. The minimum atomic E-state index is -0.113. The van der Waals surface area contributed by atoms with Gasteiger partial charge >= 0.3 is 0 Å². The fourth-order valence-corrected chi connectivity index (χ4v) is 3.68. The van der Waals surface area contributed by atoms with Crippen LogP contribution in [0.1, 0.15) is 17.5 Å². The van der Waals surface area contributed by atoms with E-state index in [0.717, 1.165) is 40.7 Å². The first kappa shape index (κ1) is 19.2. The Balaban J connectivity index is 1.51. The zero-order valence-corrected chi connectivity index (χ0v) is 17.3. The summed E-state index contributed by atoms with van der Waals surface area (Å²) < 4.78 is 8.14. The van der Waals surface area contributed by atoms with Gasteiger partial charge in [-0.05, 0) is 49.3 Å². The number of hydrogen-bond acceptors (Lipinski definition) is 3. The summed E-state index contributed by atoms with van der Waals surface area (Å²) in [6.45, 7) is 3.53. The summed E-state index contributed by atoms with van der Waals surface area (Å²) in [5.41, 5.74) is 3.78. The number of ether oxygens (including phenoxy) is 1. The number of thiocarbonyl (C=S) groups is 1. The van der Waals surface area contributed by atoms with Gasteiger partial charge in [-0.1, -0.05) is 36.4 Å². The Morgan fingerprint density at radius 1 is 1.14 bits per heavy atom. The number of nitrogens with one attached hydrogen (secondary N) is 1. The first-order valence-corrected chi connectivity index (χ1v) is 10.0. The average Bonchev–Trinajstić information content (AvgIpc) is 3.19. The number of aromatic nitrogens is 1. The van der Waals surface area contributed by atoms with E-state index in [2.05, 4.69) is 41.2 Å². The van der Waals surface area contributed by atoms with Crippen LogP contribution in [0.15, 0.2) is 60.4 Å². The predicted octanol–water partition coefficient (Wildman–Crippen LogP) is 4.11. The van der Waals surface area contributed by atoms with E-state index in [9.17, 15) is 4.79 Å². The molecule has 0 unspecified atom stereocenters. The molecule has 1 fully saturated rings. The van der Waals surface area contributed by atoms with Crippen LogP contribution in [0.3, 0.4) is 0 Å². The van der Waals surface area contributed by atoms with Crippen LogP contribution in [-0.4, -0.2) is 34.1 Å². The number of hydrogen-bond donors (Lipinski definition) is 1. The van der Waals surface area contributed by atoms with Crippen LogP contribution in [0.25, 0.3) is 17.0 Å². The number of carbonyl (C=O) groups excluding carboxylic acids is 1. The summed E-state index contributed by atoms with van der Waals surface area (Å²) in [5.74, 6) is 0.819. The highest BCUT2D eigenvalue weighted by Crippen LogP contribution is 2.25. The Morgan fingerprint density at radius 2 is 1.90 bits per heavy atom. The molecule has 1 amide bonds. The number of likely N-dealkylation sites (N-methyl/N-ethyl adjacent to an activating group) is 1. The zero-order valence-electron chi connectivity index (χ0n) is 16.5. The van der Waals surface area contributed by atoms with E-state index >= 15 is 0 Å². The lowest BCUT2D eigenvalue weighted by Crippen LogP contribution is -2.25. The molecule has 0 saturated carbocycles. The van der Waals surface area contributed by atoms with Crippen LogP contribution < -0.4 is 10.1 Å². The summed E-state index contributed by atoms with van der Waals surface area (Å²) in [7, 11) is 1.68. The highest BCUT2D eigenvalue weighted by atomic mass is 32.1. The van der Waals surface area contributed by atoms with Crippen molar-refractivity contribution in [3.05, 3.63) is 71.6 Å². The van der Waals surface area contributed by atoms with Crippen molar-refractivity contribution in [2.75, 3.05) is 13.7 Å². The SMILES string of the molecule is Cc1ccccc1OCCCn1cc(/C=C2\NC(=S)N(C)C2=O)c2ccccc21. The molecule has 1 saturated heterocycles. The highest BCUT2D eigenvalue weighted by Gasteiger charge is 2.27. The van der Waals surface area contributed by atoms with Crippen molar-refractivity contribution in [1.29, 1.82) is 0 Å². The Hall–Kier alpha value is -3.12. The maximum absolute atomic E-state index is 12.3. The Labute approximate surface area is 175 Å². The highest BCUT2D eigenvalue weighted by molar-refractivity contribution is 7.80. The van der Waals surface area contributed by atoms with Crippen molar-refractivity contribution in [1.82, 2.24) is 14.8 Å². The lowest BCUT2D eigenvalue weighted by atomic mass is 10.1. The molecule has 4 rings (SSSR count). The molecule has 3 aromatic rings. The lowest BCUT2D eigenvalue weighted by molar-refractivity contribution is -0.121. The van der Waals surface area contributed by atoms with E-state index in [4.69, 9.17) is 17.0 Å². The summed E-state index contributed by atoms with van der Waals surface area (Å²) in [6, 6.07) is 16.3. The molecule has 148 valence electrons. The fraction of sp³-hybridized carbons (Fsp3) is 0.217. The van der Waals surface area contributed by atoms with E-state index in [0.29, 0.717) is 17.4 Å². The van der Waals surface area contributed by atoms with Gasteiger partial charge in [0.15, 0.2) is 5.11 Å². The predicted molar refractivity (Wildman–Crippen MR) is 120 cm³/mol. The fourth-order valence-electron chi connectivity index (χ4n) is 3.49. The van der Waals surface area contributed by atoms with Crippen molar-refractivity contribution in [3.8, 4) is 5.75 Å². The van der Waals surface area contributed by atoms with Gasteiger partial charge in [0.2, 0.25) is 0 Å². The van der Waals surface area contributed by atoms with Gasteiger partial charge in [0.25, 0.3) is 5.91 Å². The minimum Gasteiger partial charge on any atom is -0.493 e. The minimum absolute atomic E-state index is 0.113. The van der Waals surface area contributed by atoms with E-state index in [-0.39, 0.29) is 5.91 Å². The Kier molecular flexibility index (Phi) is 5.36. The standard InChI is InChI=1S/C23H23N3O2S/c1-16-8-3-6-11-21(16)28-13-7-12-26-15-17(18-9-4-5-10-20(18)26)14-19-22(27)25(2)23(29)24-19/h3-6,8-11,14-15H,7,12-13H2,1-2H3,(H,24,29)/b19-14-. The number of aryl methyl sites for hydroxylation is 2. The maximum Gasteiger partial charge on any atom is 0.276 e. The third-order valence-electron chi connectivity index (χ3n) is 5.10. The molecule has 29 heavy (non-hydrogen) atoms. The van der Waals surface area contributed by atoms with Crippen LogP contribution in [0.5, 0.6) is 5.75 Å². The van der Waals surface area contributed by atoms with Crippen LogP contribution in [0, 0.1) is 6.92 Å². The molecule has 1 aliphatic heterocycles. The van der Waals surface area contributed by atoms with Crippen molar-refractivity contribution < 1.29 is 9.53 Å². The number of nitrogens with zero attached hydrogens (tertiary/aromatic N) is 2. The second kappa shape index (κ2) is 8.09. The monoisotopic (exact) mass is 405 g/mol. The van der Waals surface area contributed by atoms with Crippen molar-refractivity contribution in [2.45, 2.75) is 19.9 Å². The summed E-state index contributed by atoms with van der Waals surface area (Å²) in [4.78, 5) is 13.8. The van der Waals surface area contributed by atoms with Gasteiger partial charge in [0.05, 0.1) is 6.61 Å². The normalized spacial score (nSPS) is 15.4. The van der Waals surface area contributed by atoms with Gasteiger partial charge in [-0.3, -0.25) is 9.69 Å². The van der Waals surface area contributed by atoms with Crippen LogP contribution in [-0.2, 0) is 11.3 Å². The van der Waals surface area contributed by atoms with Crippen LogP contribution in [0.2, 0.25) is 0 Å². The molecule has 0 radical (unpaired) electrons. The molecule has 0 bridgehead atoms. The van der Waals surface area contributed by atoms with Gasteiger partial charge in [-0.25, -0.2) is 0 Å². The topological polar surface area (TPSA) is 46.5 Å². The first-order chi connectivity index (χ1) is 14.0. The van der Waals surface area contributed by atoms with Crippen molar-refractivity contribution >= 4 is 40.2 Å². The quantitative estimate of drug-likeness (QED) is 0.381. The third kappa shape index (κ3) is 3.89. The van der Waals surface area contributed by atoms with Gasteiger partial charge in [-0.15, -0.1) is 0 Å². The molecule has 2 heterocycles. The number of carbonyl (C=O) groups is 1. The number of para-hydroxylation sites is 2. The van der Waals surface area contributed by atoms with Gasteiger partial charge in [0.1, 0.15) is 11.4 Å². The second-order valence-electron chi connectivity index (χ2n) is 7.11. The number of amides is 1. The van der Waals surface area contributed by atoms with Gasteiger partial charge in [-0.2, -0.15) is 0 Å². The van der Waals surface area contributed by atoms with Crippen molar-refractivity contribution in [2.24, 2.45) is 0 Å². The zero-order chi connectivity index (χ0) is 20.4. The van der Waals surface area contributed by atoms with E-state index in [1.165, 1.54) is 4.90 Å². The largest absolute Gasteiger partial charge is 0.493 e. The smallest absolute Gasteiger partial charge is 0.276 e. The summed E-state index contributed by atoms with van der Waals surface area (Å²) in [6.07, 6.45) is 4.84. The molecule has 5 nitrogen and oxygen atoms in total. The van der Waals surface area contributed by atoms with Gasteiger partial charge in [0, 0.05) is 36.3 Å². The van der Waals surface area contributed by atoms with Crippen LogP contribution >= 0.6 is 12.2 Å². The van der Waals surface area contributed by atoms with E-state index in [1.54, 1.807) is 7.05 Å². The number of rotatable bonds is 6. The molecule has 1 aliphatic rings. The third-order valence-corrected chi connectivity index (χ3v) is 5.47. The second-order valence-corrected chi connectivity index (χ2v) is 7.50. The summed E-state index contributed by atoms with van der Waals surface area (Å²) >= 11 is 5.17. The number of benzene rings is 2. The molecular weight excluding hydrogens is 382 g/mol. The van der Waals surface area contributed by atoms with E-state index in [1.807, 2.05) is 36.4 Å². The van der Waals surface area contributed by atoms with Gasteiger partial charge < -0.3 is 14.6 Å². The average molecular weight is 406 g/mol. The molecule has 2 aromatic carbocycles. The maximum atomic E-state index is 12.3. The molecule has 1 aromatic heterocycles. The van der Waals surface area contributed by atoms with E-state index < -0.39 is 0 Å².